The van der Waals surface area contributed by atoms with Gasteiger partial charge in [0, 0.05) is 18.9 Å². The summed E-state index contributed by atoms with van der Waals surface area (Å²) >= 11 is 0. The summed E-state index contributed by atoms with van der Waals surface area (Å²) in [6.45, 7) is 1.51. The largest absolute Gasteiger partial charge is 0.393 e. The van der Waals surface area contributed by atoms with Crippen LogP contribution in [0.2, 0.25) is 0 Å². The molecule has 102 valence electrons. The second-order valence-electron chi connectivity index (χ2n) is 4.62. The Labute approximate surface area is 110 Å². The number of hydrogen-bond acceptors (Lipinski definition) is 3. The summed E-state index contributed by atoms with van der Waals surface area (Å²) < 4.78 is 0. The van der Waals surface area contributed by atoms with Crippen LogP contribution in [0.3, 0.4) is 0 Å². The zero-order valence-corrected chi connectivity index (χ0v) is 11.4. The first-order valence-electron chi connectivity index (χ1n) is 6.33. The van der Waals surface area contributed by atoms with Crippen LogP contribution < -0.4 is 10.6 Å². The Kier molecular flexibility index (Phi) is 9.50. The third kappa shape index (κ3) is 6.86. The highest BCUT2D eigenvalue weighted by Crippen LogP contribution is 2.23. The maximum absolute atomic E-state index is 11.4. The molecule has 1 saturated carbocycles. The van der Waals surface area contributed by atoms with Crippen LogP contribution in [-0.4, -0.2) is 37.3 Å². The number of aliphatic hydroxyl groups excluding tert-OH is 1. The topological polar surface area (TPSA) is 61.4 Å². The molecule has 2 atom stereocenters. The minimum Gasteiger partial charge on any atom is -0.393 e. The molecule has 0 heterocycles. The van der Waals surface area contributed by atoms with Crippen molar-refractivity contribution in [2.24, 2.45) is 5.92 Å². The Balaban J connectivity index is 0.00000256. The van der Waals surface area contributed by atoms with Crippen LogP contribution in [0.25, 0.3) is 0 Å². The lowest BCUT2D eigenvalue weighted by molar-refractivity contribution is -0.121. The molecule has 3 N–H and O–H groups in total. The molecule has 1 aliphatic carbocycles. The normalized spacial score (nSPS) is 23.9. The first-order chi connectivity index (χ1) is 7.74. The summed E-state index contributed by atoms with van der Waals surface area (Å²) in [7, 11) is 1.89. The number of carbonyl (C=O) groups is 1. The molecule has 5 heteroatoms. The Bertz CT molecular complexity index is 215. The first-order valence-corrected chi connectivity index (χ1v) is 6.33. The fraction of sp³-hybridized carbons (Fsp3) is 0.917. The first kappa shape index (κ1) is 16.7. The fourth-order valence-corrected chi connectivity index (χ4v) is 2.19. The van der Waals surface area contributed by atoms with E-state index in [0.29, 0.717) is 13.0 Å². The van der Waals surface area contributed by atoms with Gasteiger partial charge in [-0.25, -0.2) is 0 Å². The van der Waals surface area contributed by atoms with Gasteiger partial charge in [0.2, 0.25) is 5.91 Å². The van der Waals surface area contributed by atoms with E-state index in [-0.39, 0.29) is 30.3 Å². The molecule has 0 bridgehead atoms. The Morgan fingerprint density at radius 1 is 1.35 bits per heavy atom. The van der Waals surface area contributed by atoms with E-state index in [1.807, 2.05) is 7.05 Å². The van der Waals surface area contributed by atoms with Gasteiger partial charge in [-0.05, 0) is 32.9 Å². The van der Waals surface area contributed by atoms with Crippen molar-refractivity contribution in [2.45, 2.75) is 44.6 Å². The van der Waals surface area contributed by atoms with Crippen molar-refractivity contribution in [1.29, 1.82) is 0 Å². The zero-order chi connectivity index (χ0) is 11.8. The number of hydrogen-bond donors (Lipinski definition) is 3. The van der Waals surface area contributed by atoms with Crippen molar-refractivity contribution in [3.05, 3.63) is 0 Å². The highest BCUT2D eigenvalue weighted by Gasteiger charge is 2.22. The molecule has 2 unspecified atom stereocenters. The van der Waals surface area contributed by atoms with Crippen molar-refractivity contribution in [1.82, 2.24) is 10.6 Å². The molecule has 1 amide bonds. The molecule has 0 aliphatic heterocycles. The number of aliphatic hydroxyl groups is 1. The number of nitrogens with one attached hydrogen (secondary N) is 2. The second kappa shape index (κ2) is 9.68. The van der Waals surface area contributed by atoms with Crippen molar-refractivity contribution < 1.29 is 9.90 Å². The van der Waals surface area contributed by atoms with Crippen LogP contribution >= 0.6 is 12.4 Å². The minimum absolute atomic E-state index is 0. The van der Waals surface area contributed by atoms with Gasteiger partial charge < -0.3 is 15.7 Å². The summed E-state index contributed by atoms with van der Waals surface area (Å²) in [5.74, 6) is 0.370. The molecule has 0 radical (unpaired) electrons. The summed E-state index contributed by atoms with van der Waals surface area (Å²) in [6.07, 6.45) is 5.45. The third-order valence-corrected chi connectivity index (χ3v) is 3.26. The van der Waals surface area contributed by atoms with Crippen molar-refractivity contribution in [3.8, 4) is 0 Å². The number of carbonyl (C=O) groups excluding carboxylic acids is 1. The Hall–Kier alpha value is -0.320. The Morgan fingerprint density at radius 2 is 2.06 bits per heavy atom. The molecule has 17 heavy (non-hydrogen) atoms. The third-order valence-electron chi connectivity index (χ3n) is 3.26. The van der Waals surface area contributed by atoms with E-state index >= 15 is 0 Å². The lowest BCUT2D eigenvalue weighted by Crippen LogP contribution is -2.36. The van der Waals surface area contributed by atoms with E-state index in [0.717, 1.165) is 32.2 Å². The molecule has 0 aromatic rings. The van der Waals surface area contributed by atoms with Gasteiger partial charge in [-0.2, -0.15) is 0 Å². The van der Waals surface area contributed by atoms with Gasteiger partial charge in [-0.3, -0.25) is 4.79 Å². The highest BCUT2D eigenvalue weighted by atomic mass is 35.5. The molecule has 4 nitrogen and oxygen atoms in total. The molecular weight excluding hydrogens is 240 g/mol. The van der Waals surface area contributed by atoms with E-state index < -0.39 is 0 Å². The van der Waals surface area contributed by atoms with Crippen LogP contribution in [0.5, 0.6) is 0 Å². The summed E-state index contributed by atoms with van der Waals surface area (Å²) in [4.78, 5) is 11.4. The van der Waals surface area contributed by atoms with Crippen molar-refractivity contribution in [3.63, 3.8) is 0 Å². The maximum Gasteiger partial charge on any atom is 0.220 e. The highest BCUT2D eigenvalue weighted by molar-refractivity contribution is 5.85. The number of halogens is 1. The van der Waals surface area contributed by atoms with Crippen LogP contribution in [0.15, 0.2) is 0 Å². The number of amides is 1. The standard InChI is InChI=1S/C12H24N2O2.ClH/c1-13-8-4-7-12(16)14-9-10-5-2-3-6-11(10)15;/h10-11,13,15H,2-9H2,1H3,(H,14,16);1H. The molecule has 1 aliphatic rings. The Morgan fingerprint density at radius 3 is 2.71 bits per heavy atom. The van der Waals surface area contributed by atoms with E-state index in [2.05, 4.69) is 10.6 Å². The quantitative estimate of drug-likeness (QED) is 0.629. The predicted octanol–water partition coefficient (Wildman–Crippen LogP) is 1.08. The molecule has 0 aromatic heterocycles. The van der Waals surface area contributed by atoms with Crippen molar-refractivity contribution in [2.75, 3.05) is 20.1 Å². The van der Waals surface area contributed by atoms with Crippen LogP contribution in [-0.2, 0) is 4.79 Å². The fourth-order valence-electron chi connectivity index (χ4n) is 2.19. The van der Waals surface area contributed by atoms with Crippen LogP contribution in [0.4, 0.5) is 0 Å². The van der Waals surface area contributed by atoms with E-state index in [1.54, 1.807) is 0 Å². The molecule has 0 saturated heterocycles. The van der Waals surface area contributed by atoms with Gasteiger partial charge in [0.15, 0.2) is 0 Å². The lowest BCUT2D eigenvalue weighted by Gasteiger charge is -2.27. The average molecular weight is 265 g/mol. The van der Waals surface area contributed by atoms with Crippen LogP contribution in [0.1, 0.15) is 38.5 Å². The van der Waals surface area contributed by atoms with E-state index in [1.165, 1.54) is 6.42 Å². The predicted molar refractivity (Wildman–Crippen MR) is 71.4 cm³/mol. The zero-order valence-electron chi connectivity index (χ0n) is 10.6. The van der Waals surface area contributed by atoms with Crippen molar-refractivity contribution >= 4 is 18.3 Å². The smallest absolute Gasteiger partial charge is 0.220 e. The minimum atomic E-state index is -0.216. The van der Waals surface area contributed by atoms with Gasteiger partial charge in [0.1, 0.15) is 0 Å². The summed E-state index contributed by atoms with van der Waals surface area (Å²) in [5.41, 5.74) is 0. The second-order valence-corrected chi connectivity index (χ2v) is 4.62. The van der Waals surface area contributed by atoms with Crippen LogP contribution in [0, 0.1) is 5.92 Å². The van der Waals surface area contributed by atoms with Gasteiger partial charge in [-0.15, -0.1) is 12.4 Å². The van der Waals surface area contributed by atoms with E-state index in [4.69, 9.17) is 0 Å². The molecule has 1 rings (SSSR count). The molecule has 0 spiro atoms. The number of rotatable bonds is 6. The van der Waals surface area contributed by atoms with Gasteiger partial charge >= 0.3 is 0 Å². The molecular formula is C12H25ClN2O2. The molecule has 1 fully saturated rings. The van der Waals surface area contributed by atoms with E-state index in [9.17, 15) is 9.90 Å². The van der Waals surface area contributed by atoms with Gasteiger partial charge in [0.05, 0.1) is 6.10 Å². The van der Waals surface area contributed by atoms with Gasteiger partial charge in [0.25, 0.3) is 0 Å². The monoisotopic (exact) mass is 264 g/mol. The maximum atomic E-state index is 11.4. The SMILES string of the molecule is CNCCCC(=O)NCC1CCCCC1O.Cl. The lowest BCUT2D eigenvalue weighted by atomic mass is 9.86. The molecule has 0 aromatic carbocycles. The summed E-state index contributed by atoms with van der Waals surface area (Å²) in [5, 5.41) is 15.7. The summed E-state index contributed by atoms with van der Waals surface area (Å²) in [6, 6.07) is 0. The average Bonchev–Trinajstić information content (AvgIpc) is 2.28. The van der Waals surface area contributed by atoms with Gasteiger partial charge in [-0.1, -0.05) is 12.8 Å².